The fourth-order valence-corrected chi connectivity index (χ4v) is 2.25. The minimum absolute atomic E-state index is 0.264. The van der Waals surface area contributed by atoms with Crippen LogP contribution >= 0.6 is 0 Å². The van der Waals surface area contributed by atoms with E-state index in [1.165, 1.54) is 6.07 Å². The minimum atomic E-state index is -0.858. The van der Waals surface area contributed by atoms with E-state index in [4.69, 9.17) is 4.74 Å². The average Bonchev–Trinajstić information content (AvgIpc) is 2.57. The van der Waals surface area contributed by atoms with E-state index in [-0.39, 0.29) is 6.61 Å². The van der Waals surface area contributed by atoms with Crippen LogP contribution in [0.5, 0.6) is 5.75 Å². The largest absolute Gasteiger partial charge is 0.491 e. The van der Waals surface area contributed by atoms with Crippen molar-refractivity contribution in [3.63, 3.8) is 0 Å². The number of halogens is 2. The van der Waals surface area contributed by atoms with Gasteiger partial charge in [0.15, 0.2) is 11.6 Å². The maximum atomic E-state index is 13.0. The third-order valence-corrected chi connectivity index (χ3v) is 3.68. The number of anilines is 1. The molecule has 0 radical (unpaired) electrons. The Morgan fingerprint density at radius 2 is 1.79 bits per heavy atom. The number of hydrogen-bond acceptors (Lipinski definition) is 3. The summed E-state index contributed by atoms with van der Waals surface area (Å²) in [5.41, 5.74) is 1.72. The summed E-state index contributed by atoms with van der Waals surface area (Å²) < 4.78 is 31.4. The van der Waals surface area contributed by atoms with Crippen molar-refractivity contribution in [1.29, 1.82) is 0 Å². The summed E-state index contributed by atoms with van der Waals surface area (Å²) in [7, 11) is 0. The zero-order valence-electron chi connectivity index (χ0n) is 13.8. The Morgan fingerprint density at radius 3 is 2.50 bits per heavy atom. The Bertz CT molecular complexity index is 632. The van der Waals surface area contributed by atoms with E-state index in [9.17, 15) is 13.9 Å². The molecule has 5 heteroatoms. The SMILES string of the molecule is Cc1ccc(OCC(O)CCCCNc2ccc(F)c(F)c2)cc1. The van der Waals surface area contributed by atoms with Gasteiger partial charge in [0, 0.05) is 12.2 Å². The second-order valence-electron chi connectivity index (χ2n) is 5.83. The Labute approximate surface area is 141 Å². The monoisotopic (exact) mass is 335 g/mol. The topological polar surface area (TPSA) is 41.5 Å². The van der Waals surface area contributed by atoms with Gasteiger partial charge in [-0.1, -0.05) is 17.7 Å². The van der Waals surface area contributed by atoms with Crippen molar-refractivity contribution in [3.8, 4) is 5.75 Å². The van der Waals surface area contributed by atoms with E-state index in [0.717, 1.165) is 36.3 Å². The van der Waals surface area contributed by atoms with Crippen LogP contribution in [-0.2, 0) is 0 Å². The molecule has 0 heterocycles. The van der Waals surface area contributed by atoms with E-state index in [2.05, 4.69) is 5.32 Å². The van der Waals surface area contributed by atoms with Gasteiger partial charge in [0.25, 0.3) is 0 Å². The number of aryl methyl sites for hydroxylation is 1. The number of aliphatic hydroxyl groups excluding tert-OH is 1. The van der Waals surface area contributed by atoms with E-state index in [1.54, 1.807) is 0 Å². The van der Waals surface area contributed by atoms with Crippen molar-refractivity contribution in [1.82, 2.24) is 0 Å². The van der Waals surface area contributed by atoms with Crippen LogP contribution in [0.4, 0.5) is 14.5 Å². The number of unbranched alkanes of at least 4 members (excludes halogenated alkanes) is 1. The maximum Gasteiger partial charge on any atom is 0.160 e. The highest BCUT2D eigenvalue weighted by Crippen LogP contribution is 2.14. The summed E-state index contributed by atoms with van der Waals surface area (Å²) in [6, 6.07) is 11.4. The normalized spacial score (nSPS) is 12.0. The van der Waals surface area contributed by atoms with Crippen LogP contribution in [0.1, 0.15) is 24.8 Å². The lowest BCUT2D eigenvalue weighted by molar-refractivity contribution is 0.0979. The van der Waals surface area contributed by atoms with Crippen LogP contribution in [-0.4, -0.2) is 24.4 Å². The fraction of sp³-hybridized carbons (Fsp3) is 0.368. The predicted octanol–water partition coefficient (Wildman–Crippen LogP) is 4.30. The van der Waals surface area contributed by atoms with Gasteiger partial charge in [0.05, 0.1) is 6.10 Å². The lowest BCUT2D eigenvalue weighted by Crippen LogP contribution is -2.17. The van der Waals surface area contributed by atoms with Gasteiger partial charge in [0.1, 0.15) is 12.4 Å². The average molecular weight is 335 g/mol. The van der Waals surface area contributed by atoms with Gasteiger partial charge in [-0.05, 0) is 56.5 Å². The molecule has 1 unspecified atom stereocenters. The molecule has 2 aromatic rings. The molecule has 130 valence electrons. The fourth-order valence-electron chi connectivity index (χ4n) is 2.25. The van der Waals surface area contributed by atoms with Gasteiger partial charge in [-0.15, -0.1) is 0 Å². The van der Waals surface area contributed by atoms with Crippen molar-refractivity contribution in [3.05, 3.63) is 59.7 Å². The van der Waals surface area contributed by atoms with E-state index < -0.39 is 17.7 Å². The molecule has 24 heavy (non-hydrogen) atoms. The summed E-state index contributed by atoms with van der Waals surface area (Å²) in [4.78, 5) is 0. The van der Waals surface area contributed by atoms with Gasteiger partial charge >= 0.3 is 0 Å². The highest BCUT2D eigenvalue weighted by molar-refractivity contribution is 5.43. The lowest BCUT2D eigenvalue weighted by Gasteiger charge is -2.13. The zero-order valence-corrected chi connectivity index (χ0v) is 13.8. The van der Waals surface area contributed by atoms with Crippen LogP contribution in [0.15, 0.2) is 42.5 Å². The third kappa shape index (κ3) is 6.16. The van der Waals surface area contributed by atoms with Gasteiger partial charge in [-0.3, -0.25) is 0 Å². The van der Waals surface area contributed by atoms with Gasteiger partial charge in [0.2, 0.25) is 0 Å². The lowest BCUT2D eigenvalue weighted by atomic mass is 10.1. The first kappa shape index (κ1) is 18.2. The number of benzene rings is 2. The quantitative estimate of drug-likeness (QED) is 0.672. The Morgan fingerprint density at radius 1 is 1.04 bits per heavy atom. The molecule has 0 amide bonds. The van der Waals surface area contributed by atoms with Crippen molar-refractivity contribution < 1.29 is 18.6 Å². The van der Waals surface area contributed by atoms with Crippen molar-refractivity contribution in [2.75, 3.05) is 18.5 Å². The molecule has 2 aromatic carbocycles. The number of aliphatic hydroxyl groups is 1. The van der Waals surface area contributed by atoms with Crippen LogP contribution in [0.3, 0.4) is 0 Å². The molecule has 0 saturated heterocycles. The molecule has 2 rings (SSSR count). The predicted molar refractivity (Wildman–Crippen MR) is 91.4 cm³/mol. The summed E-state index contributed by atoms with van der Waals surface area (Å²) in [6.07, 6.45) is 1.75. The van der Waals surface area contributed by atoms with Crippen molar-refractivity contribution in [2.45, 2.75) is 32.3 Å². The third-order valence-electron chi connectivity index (χ3n) is 3.68. The molecule has 0 fully saturated rings. The molecule has 3 nitrogen and oxygen atoms in total. The van der Waals surface area contributed by atoms with Crippen molar-refractivity contribution >= 4 is 5.69 Å². The first-order valence-corrected chi connectivity index (χ1v) is 8.11. The highest BCUT2D eigenvalue weighted by Gasteiger charge is 2.06. The van der Waals surface area contributed by atoms with Crippen LogP contribution < -0.4 is 10.1 Å². The molecular weight excluding hydrogens is 312 g/mol. The number of nitrogens with one attached hydrogen (secondary N) is 1. The van der Waals surface area contributed by atoms with E-state index >= 15 is 0 Å². The number of ether oxygens (including phenoxy) is 1. The Kier molecular flexibility index (Phi) is 7.00. The number of hydrogen-bond donors (Lipinski definition) is 2. The number of rotatable bonds is 9. The smallest absolute Gasteiger partial charge is 0.160 e. The molecule has 0 aliphatic rings. The first-order chi connectivity index (χ1) is 11.5. The summed E-state index contributed by atoms with van der Waals surface area (Å²) in [6.45, 7) is 2.91. The molecule has 0 aromatic heterocycles. The first-order valence-electron chi connectivity index (χ1n) is 8.11. The Hall–Kier alpha value is -2.14. The second kappa shape index (κ2) is 9.23. The zero-order chi connectivity index (χ0) is 17.4. The molecule has 0 aliphatic heterocycles. The second-order valence-corrected chi connectivity index (χ2v) is 5.83. The standard InChI is InChI=1S/C19H23F2NO2/c1-14-5-8-17(9-6-14)24-13-16(23)4-2-3-11-22-15-7-10-18(20)19(21)12-15/h5-10,12,16,22-23H,2-4,11,13H2,1H3. The Balaban J connectivity index is 1.58. The molecule has 1 atom stereocenters. The van der Waals surface area contributed by atoms with Gasteiger partial charge < -0.3 is 15.2 Å². The molecule has 0 aliphatic carbocycles. The minimum Gasteiger partial charge on any atom is -0.491 e. The van der Waals surface area contributed by atoms with Crippen LogP contribution in [0.25, 0.3) is 0 Å². The highest BCUT2D eigenvalue weighted by atomic mass is 19.2. The van der Waals surface area contributed by atoms with Crippen molar-refractivity contribution in [2.24, 2.45) is 0 Å². The molecular formula is C19H23F2NO2. The molecule has 0 saturated carbocycles. The van der Waals surface area contributed by atoms with E-state index in [1.807, 2.05) is 31.2 Å². The summed E-state index contributed by atoms with van der Waals surface area (Å²) >= 11 is 0. The van der Waals surface area contributed by atoms with E-state index in [0.29, 0.717) is 18.7 Å². The van der Waals surface area contributed by atoms with Crippen LogP contribution in [0.2, 0.25) is 0 Å². The van der Waals surface area contributed by atoms with Crippen LogP contribution in [0, 0.1) is 18.6 Å². The molecule has 0 bridgehead atoms. The van der Waals surface area contributed by atoms with Gasteiger partial charge in [-0.2, -0.15) is 0 Å². The maximum absolute atomic E-state index is 13.0. The van der Waals surface area contributed by atoms with Gasteiger partial charge in [-0.25, -0.2) is 8.78 Å². The molecule has 2 N–H and O–H groups in total. The molecule has 0 spiro atoms. The summed E-state index contributed by atoms with van der Waals surface area (Å²) in [5, 5.41) is 12.9. The summed E-state index contributed by atoms with van der Waals surface area (Å²) in [5.74, 6) is -0.958.